The molecule has 0 amide bonds. The Hall–Kier alpha value is -1.14. The molecule has 0 bridgehead atoms. The Kier molecular flexibility index (Phi) is 6.95. The lowest BCUT2D eigenvalue weighted by atomic mass is 10.1. The number of anilines is 1. The van der Waals surface area contributed by atoms with Gasteiger partial charge in [0.1, 0.15) is 0 Å². The highest BCUT2D eigenvalue weighted by molar-refractivity contribution is 7.89. The molecule has 1 rings (SSSR count). The summed E-state index contributed by atoms with van der Waals surface area (Å²) in [4.78, 5) is 4.01. The number of sulfonamides is 1. The highest BCUT2D eigenvalue weighted by Gasteiger charge is 2.21. The minimum absolute atomic E-state index is 0.0733. The van der Waals surface area contributed by atoms with E-state index in [4.69, 9.17) is 0 Å². The van der Waals surface area contributed by atoms with Gasteiger partial charge in [-0.15, -0.1) is 0 Å². The summed E-state index contributed by atoms with van der Waals surface area (Å²) in [5.74, 6) is 0. The zero-order chi connectivity index (χ0) is 15.0. The van der Waals surface area contributed by atoms with Gasteiger partial charge in [0, 0.05) is 18.8 Å². The van der Waals surface area contributed by atoms with Crippen molar-refractivity contribution in [3.05, 3.63) is 18.3 Å². The summed E-state index contributed by atoms with van der Waals surface area (Å²) < 4.78 is 27.4. The third-order valence-corrected chi connectivity index (χ3v) is 4.54. The van der Waals surface area contributed by atoms with Crippen molar-refractivity contribution in [3.8, 4) is 0 Å². The van der Waals surface area contributed by atoms with Crippen LogP contribution < -0.4 is 10.0 Å². The molecule has 6 heteroatoms. The molecule has 0 fully saturated rings. The Morgan fingerprint density at radius 1 is 1.30 bits per heavy atom. The molecule has 0 saturated heterocycles. The molecule has 20 heavy (non-hydrogen) atoms. The molecule has 114 valence electrons. The predicted molar refractivity (Wildman–Crippen MR) is 82.3 cm³/mol. The van der Waals surface area contributed by atoms with E-state index in [1.807, 2.05) is 13.8 Å². The second-order valence-corrected chi connectivity index (χ2v) is 6.53. The normalized spacial score (nSPS) is 13.2. The molecule has 0 spiro atoms. The lowest BCUT2D eigenvalue weighted by Crippen LogP contribution is -2.33. The highest BCUT2D eigenvalue weighted by atomic mass is 32.2. The molecule has 0 aliphatic carbocycles. The van der Waals surface area contributed by atoms with Crippen LogP contribution >= 0.6 is 0 Å². The van der Waals surface area contributed by atoms with Crippen LogP contribution in [0.4, 0.5) is 5.69 Å². The molecular weight excluding hydrogens is 274 g/mol. The Morgan fingerprint density at radius 2 is 2.05 bits per heavy atom. The predicted octanol–water partition coefficient (Wildman–Crippen LogP) is 2.76. The SMILES string of the molecule is CCCCCC(C)NS(=O)(=O)c1ncccc1NCC. The van der Waals surface area contributed by atoms with Gasteiger partial charge in [0.05, 0.1) is 5.69 Å². The fourth-order valence-corrected chi connectivity index (χ4v) is 3.40. The second kappa shape index (κ2) is 8.21. The summed E-state index contributed by atoms with van der Waals surface area (Å²) in [5, 5.41) is 3.10. The molecule has 5 nitrogen and oxygen atoms in total. The van der Waals surface area contributed by atoms with Crippen molar-refractivity contribution in [2.45, 2.75) is 57.5 Å². The quantitative estimate of drug-likeness (QED) is 0.688. The smallest absolute Gasteiger partial charge is 0.260 e. The Labute approximate surface area is 122 Å². The molecule has 0 saturated carbocycles. The molecule has 1 aromatic rings. The van der Waals surface area contributed by atoms with Gasteiger partial charge in [-0.05, 0) is 32.4 Å². The number of hydrogen-bond acceptors (Lipinski definition) is 4. The fraction of sp³-hybridized carbons (Fsp3) is 0.643. The first-order chi connectivity index (χ1) is 9.51. The topological polar surface area (TPSA) is 71.1 Å². The van der Waals surface area contributed by atoms with Crippen LogP contribution in [0.1, 0.15) is 46.5 Å². The largest absolute Gasteiger partial charge is 0.383 e. The van der Waals surface area contributed by atoms with E-state index in [9.17, 15) is 8.42 Å². The standard InChI is InChI=1S/C14H25N3O2S/c1-4-6-7-9-12(3)17-20(18,19)14-13(15-5-2)10-8-11-16-14/h8,10-12,15,17H,4-7,9H2,1-3H3. The second-order valence-electron chi connectivity index (χ2n) is 4.90. The van der Waals surface area contributed by atoms with Crippen LogP contribution in [-0.4, -0.2) is 26.0 Å². The number of nitrogens with zero attached hydrogens (tertiary/aromatic N) is 1. The van der Waals surface area contributed by atoms with Gasteiger partial charge in [-0.2, -0.15) is 0 Å². The molecule has 1 aromatic heterocycles. The first kappa shape index (κ1) is 16.9. The summed E-state index contributed by atoms with van der Waals surface area (Å²) in [6.07, 6.45) is 5.62. The zero-order valence-corrected chi connectivity index (χ0v) is 13.3. The zero-order valence-electron chi connectivity index (χ0n) is 12.5. The van der Waals surface area contributed by atoms with Gasteiger partial charge < -0.3 is 5.32 Å². The van der Waals surface area contributed by atoms with E-state index in [-0.39, 0.29) is 11.1 Å². The highest BCUT2D eigenvalue weighted by Crippen LogP contribution is 2.18. The number of hydrogen-bond donors (Lipinski definition) is 2. The van der Waals surface area contributed by atoms with E-state index in [1.54, 1.807) is 12.1 Å². The summed E-state index contributed by atoms with van der Waals surface area (Å²) in [6.45, 7) is 6.60. The van der Waals surface area contributed by atoms with Crippen LogP contribution in [0.25, 0.3) is 0 Å². The minimum Gasteiger partial charge on any atom is -0.383 e. The summed E-state index contributed by atoms with van der Waals surface area (Å²) in [7, 11) is -3.57. The molecule has 1 atom stereocenters. The van der Waals surface area contributed by atoms with Crippen molar-refractivity contribution in [2.75, 3.05) is 11.9 Å². The van der Waals surface area contributed by atoms with E-state index in [0.717, 1.165) is 25.7 Å². The third-order valence-electron chi connectivity index (χ3n) is 2.99. The molecule has 1 heterocycles. The van der Waals surface area contributed by atoms with Crippen molar-refractivity contribution in [1.82, 2.24) is 9.71 Å². The van der Waals surface area contributed by atoms with Crippen molar-refractivity contribution in [1.29, 1.82) is 0 Å². The Balaban J connectivity index is 2.78. The maximum absolute atomic E-state index is 12.4. The van der Waals surface area contributed by atoms with Gasteiger partial charge in [-0.1, -0.05) is 26.2 Å². The Morgan fingerprint density at radius 3 is 2.70 bits per heavy atom. The van der Waals surface area contributed by atoms with Gasteiger partial charge in [-0.25, -0.2) is 18.1 Å². The van der Waals surface area contributed by atoms with E-state index in [1.165, 1.54) is 6.20 Å². The third kappa shape index (κ3) is 5.09. The number of unbranched alkanes of at least 4 members (excludes halogenated alkanes) is 2. The summed E-state index contributed by atoms with van der Waals surface area (Å²) >= 11 is 0. The number of aromatic nitrogens is 1. The van der Waals surface area contributed by atoms with E-state index < -0.39 is 10.0 Å². The Bertz CT molecular complexity index is 503. The lowest BCUT2D eigenvalue weighted by Gasteiger charge is -2.15. The molecule has 0 aliphatic rings. The summed E-state index contributed by atoms with van der Waals surface area (Å²) in [5.41, 5.74) is 0.545. The van der Waals surface area contributed by atoms with Crippen molar-refractivity contribution in [3.63, 3.8) is 0 Å². The van der Waals surface area contributed by atoms with Crippen LogP contribution in [0.3, 0.4) is 0 Å². The van der Waals surface area contributed by atoms with Crippen LogP contribution in [0.2, 0.25) is 0 Å². The molecule has 1 unspecified atom stereocenters. The van der Waals surface area contributed by atoms with Crippen LogP contribution in [0.5, 0.6) is 0 Å². The van der Waals surface area contributed by atoms with E-state index in [0.29, 0.717) is 12.2 Å². The average Bonchev–Trinajstić information content (AvgIpc) is 2.39. The van der Waals surface area contributed by atoms with Gasteiger partial charge >= 0.3 is 0 Å². The average molecular weight is 299 g/mol. The van der Waals surface area contributed by atoms with Gasteiger partial charge in [-0.3, -0.25) is 0 Å². The van der Waals surface area contributed by atoms with Crippen molar-refractivity contribution >= 4 is 15.7 Å². The summed E-state index contributed by atoms with van der Waals surface area (Å²) in [6, 6.07) is 3.37. The van der Waals surface area contributed by atoms with Crippen molar-refractivity contribution in [2.24, 2.45) is 0 Å². The molecule has 0 radical (unpaired) electrons. The first-order valence-electron chi connectivity index (χ1n) is 7.22. The van der Waals surface area contributed by atoms with Gasteiger partial charge in [0.25, 0.3) is 10.0 Å². The molecule has 0 aliphatic heterocycles. The molecule has 0 aromatic carbocycles. The minimum atomic E-state index is -3.57. The first-order valence-corrected chi connectivity index (χ1v) is 8.70. The molecular formula is C14H25N3O2S. The maximum Gasteiger partial charge on any atom is 0.260 e. The van der Waals surface area contributed by atoms with Crippen LogP contribution in [0.15, 0.2) is 23.4 Å². The van der Waals surface area contributed by atoms with Crippen molar-refractivity contribution < 1.29 is 8.42 Å². The number of pyridine rings is 1. The van der Waals surface area contributed by atoms with E-state index in [2.05, 4.69) is 21.9 Å². The fourth-order valence-electron chi connectivity index (χ4n) is 2.01. The van der Waals surface area contributed by atoms with Crippen LogP contribution in [0, 0.1) is 0 Å². The van der Waals surface area contributed by atoms with E-state index >= 15 is 0 Å². The molecule has 2 N–H and O–H groups in total. The van der Waals surface area contributed by atoms with Gasteiger partial charge in [0.2, 0.25) is 0 Å². The van der Waals surface area contributed by atoms with Crippen LogP contribution in [-0.2, 0) is 10.0 Å². The number of nitrogens with one attached hydrogen (secondary N) is 2. The maximum atomic E-state index is 12.4. The lowest BCUT2D eigenvalue weighted by molar-refractivity contribution is 0.525. The number of rotatable bonds is 9. The monoisotopic (exact) mass is 299 g/mol. The van der Waals surface area contributed by atoms with Gasteiger partial charge in [0.15, 0.2) is 5.03 Å².